The molecule has 1 aromatic rings. The molecule has 17 heavy (non-hydrogen) atoms. The lowest BCUT2D eigenvalue weighted by Gasteiger charge is -2.46. The second-order valence-electron chi connectivity index (χ2n) is 6.29. The first kappa shape index (κ1) is 11.6. The van der Waals surface area contributed by atoms with Crippen molar-refractivity contribution >= 4 is 15.9 Å². The van der Waals surface area contributed by atoms with Gasteiger partial charge in [0.05, 0.1) is 0 Å². The topological polar surface area (TPSA) is 9.23 Å². The van der Waals surface area contributed by atoms with Crippen LogP contribution in [0.4, 0.5) is 0 Å². The van der Waals surface area contributed by atoms with E-state index in [1.165, 1.54) is 22.0 Å². The van der Waals surface area contributed by atoms with Crippen molar-refractivity contribution in [3.63, 3.8) is 0 Å². The van der Waals surface area contributed by atoms with E-state index < -0.39 is 0 Å². The van der Waals surface area contributed by atoms with Gasteiger partial charge in [-0.05, 0) is 55.9 Å². The monoisotopic (exact) mass is 294 g/mol. The summed E-state index contributed by atoms with van der Waals surface area (Å²) in [5.41, 5.74) is 2.88. The van der Waals surface area contributed by atoms with Gasteiger partial charge in [-0.2, -0.15) is 0 Å². The predicted molar refractivity (Wildman–Crippen MR) is 73.7 cm³/mol. The van der Waals surface area contributed by atoms with E-state index in [0.717, 1.165) is 12.2 Å². The molecule has 1 heterocycles. The molecule has 92 valence electrons. The number of halogens is 1. The van der Waals surface area contributed by atoms with Crippen LogP contribution in [0.5, 0.6) is 5.75 Å². The summed E-state index contributed by atoms with van der Waals surface area (Å²) in [6.07, 6.45) is 2.40. The Kier molecular flexibility index (Phi) is 2.24. The van der Waals surface area contributed by atoms with Crippen molar-refractivity contribution in [3.8, 4) is 5.75 Å². The Bertz CT molecular complexity index is 489. The highest BCUT2D eigenvalue weighted by molar-refractivity contribution is 9.10. The molecule has 1 fully saturated rings. The van der Waals surface area contributed by atoms with Crippen LogP contribution in [-0.4, -0.2) is 5.60 Å². The van der Waals surface area contributed by atoms with Gasteiger partial charge in [0.2, 0.25) is 0 Å². The minimum atomic E-state index is 0.00490. The van der Waals surface area contributed by atoms with E-state index in [2.05, 4.69) is 55.8 Å². The molecule has 0 radical (unpaired) electrons. The average molecular weight is 295 g/mol. The molecule has 0 spiro atoms. The zero-order valence-electron chi connectivity index (χ0n) is 10.9. The smallest absolute Gasteiger partial charge is 0.123 e. The molecule has 1 saturated carbocycles. The van der Waals surface area contributed by atoms with Gasteiger partial charge in [-0.25, -0.2) is 0 Å². The van der Waals surface area contributed by atoms with Crippen molar-refractivity contribution in [2.45, 2.75) is 52.1 Å². The normalized spacial score (nSPS) is 33.1. The lowest BCUT2D eigenvalue weighted by atomic mass is 9.69. The minimum absolute atomic E-state index is 0.00490. The van der Waals surface area contributed by atoms with Gasteiger partial charge in [0.1, 0.15) is 11.4 Å². The van der Waals surface area contributed by atoms with E-state index in [1.807, 2.05) is 0 Å². The van der Waals surface area contributed by atoms with E-state index in [-0.39, 0.29) is 11.0 Å². The van der Waals surface area contributed by atoms with Crippen LogP contribution in [0.25, 0.3) is 0 Å². The van der Waals surface area contributed by atoms with Gasteiger partial charge in [-0.15, -0.1) is 0 Å². The summed E-state index contributed by atoms with van der Waals surface area (Å²) in [7, 11) is 0. The van der Waals surface area contributed by atoms with Crippen LogP contribution >= 0.6 is 15.9 Å². The summed E-state index contributed by atoms with van der Waals surface area (Å²) < 4.78 is 7.54. The van der Waals surface area contributed by atoms with Crippen LogP contribution in [0.15, 0.2) is 16.6 Å². The van der Waals surface area contributed by atoms with Crippen molar-refractivity contribution in [2.24, 2.45) is 5.41 Å². The first-order chi connectivity index (χ1) is 7.85. The maximum Gasteiger partial charge on any atom is 0.123 e. The maximum atomic E-state index is 6.34. The molecule has 2 heteroatoms. The SMILES string of the molecule is Cc1cc2c(cc1Br)[C@H]1CC[C@@](C)(O2)C1(C)C. The highest BCUT2D eigenvalue weighted by atomic mass is 79.9. The van der Waals surface area contributed by atoms with Crippen molar-refractivity contribution in [1.29, 1.82) is 0 Å². The number of hydrogen-bond acceptors (Lipinski definition) is 1. The number of aryl methyl sites for hydroxylation is 1. The molecule has 1 aromatic carbocycles. The van der Waals surface area contributed by atoms with Gasteiger partial charge in [0, 0.05) is 9.89 Å². The molecule has 3 rings (SSSR count). The fourth-order valence-corrected chi connectivity index (χ4v) is 3.83. The van der Waals surface area contributed by atoms with Crippen molar-refractivity contribution < 1.29 is 4.74 Å². The van der Waals surface area contributed by atoms with E-state index in [4.69, 9.17) is 4.74 Å². The Morgan fingerprint density at radius 3 is 2.71 bits per heavy atom. The van der Waals surface area contributed by atoms with Crippen molar-refractivity contribution in [3.05, 3.63) is 27.7 Å². The molecular formula is C15H19BrO. The summed E-state index contributed by atoms with van der Waals surface area (Å²) in [5.74, 6) is 1.74. The summed E-state index contributed by atoms with van der Waals surface area (Å²) in [5, 5.41) is 0. The number of fused-ring (bicyclic) bond motifs is 4. The lowest BCUT2D eigenvalue weighted by Crippen LogP contribution is -2.47. The highest BCUT2D eigenvalue weighted by Crippen LogP contribution is 2.62. The van der Waals surface area contributed by atoms with Gasteiger partial charge < -0.3 is 4.74 Å². The third-order valence-corrected chi connectivity index (χ3v) is 6.00. The zero-order valence-corrected chi connectivity index (χ0v) is 12.5. The minimum Gasteiger partial charge on any atom is -0.487 e. The molecule has 1 aliphatic carbocycles. The Hall–Kier alpha value is -0.500. The van der Waals surface area contributed by atoms with Gasteiger partial charge in [0.25, 0.3) is 0 Å². The number of rotatable bonds is 0. The van der Waals surface area contributed by atoms with Gasteiger partial charge in [0.15, 0.2) is 0 Å². The molecule has 0 N–H and O–H groups in total. The maximum absolute atomic E-state index is 6.34. The molecule has 0 unspecified atom stereocenters. The van der Waals surface area contributed by atoms with Crippen LogP contribution in [0.1, 0.15) is 50.7 Å². The highest BCUT2D eigenvalue weighted by Gasteiger charge is 2.57. The second kappa shape index (κ2) is 3.28. The number of ether oxygens (including phenoxy) is 1. The molecule has 2 bridgehead atoms. The summed E-state index contributed by atoms with van der Waals surface area (Å²) in [6.45, 7) is 9.09. The van der Waals surface area contributed by atoms with Gasteiger partial charge >= 0.3 is 0 Å². The third-order valence-electron chi connectivity index (χ3n) is 5.15. The average Bonchev–Trinajstić information content (AvgIpc) is 2.38. The largest absolute Gasteiger partial charge is 0.487 e. The zero-order chi connectivity index (χ0) is 12.4. The summed E-state index contributed by atoms with van der Waals surface area (Å²) in [6, 6.07) is 4.45. The molecular weight excluding hydrogens is 276 g/mol. The van der Waals surface area contributed by atoms with Crippen molar-refractivity contribution in [1.82, 2.24) is 0 Å². The number of hydrogen-bond donors (Lipinski definition) is 0. The van der Waals surface area contributed by atoms with Gasteiger partial charge in [-0.1, -0.05) is 29.8 Å². The second-order valence-corrected chi connectivity index (χ2v) is 7.14. The first-order valence-electron chi connectivity index (χ1n) is 6.34. The van der Waals surface area contributed by atoms with E-state index in [1.54, 1.807) is 0 Å². The lowest BCUT2D eigenvalue weighted by molar-refractivity contribution is -0.0229. The Labute approximate surface area is 112 Å². The van der Waals surface area contributed by atoms with Crippen LogP contribution in [0, 0.1) is 12.3 Å². The van der Waals surface area contributed by atoms with E-state index in [9.17, 15) is 0 Å². The standard InChI is InChI=1S/C15H19BrO/c1-9-7-13-10(8-12(9)16)11-5-6-15(4,17-13)14(11,2)3/h7-8,11H,5-6H2,1-4H3/t11-,15-/m1/s1. The Morgan fingerprint density at radius 2 is 2.00 bits per heavy atom. The number of benzene rings is 1. The van der Waals surface area contributed by atoms with Crippen LogP contribution in [0.2, 0.25) is 0 Å². The van der Waals surface area contributed by atoms with Crippen LogP contribution < -0.4 is 4.74 Å². The predicted octanol–water partition coefficient (Wildman–Crippen LogP) is 4.81. The molecule has 0 aromatic heterocycles. The fraction of sp³-hybridized carbons (Fsp3) is 0.600. The Balaban J connectivity index is 2.21. The first-order valence-corrected chi connectivity index (χ1v) is 7.13. The van der Waals surface area contributed by atoms with E-state index in [0.29, 0.717) is 5.92 Å². The van der Waals surface area contributed by atoms with Crippen LogP contribution in [0.3, 0.4) is 0 Å². The molecule has 2 atom stereocenters. The summed E-state index contributed by atoms with van der Waals surface area (Å²) in [4.78, 5) is 0. The van der Waals surface area contributed by atoms with Gasteiger partial charge in [-0.3, -0.25) is 0 Å². The molecule has 1 nitrogen and oxygen atoms in total. The molecule has 0 saturated heterocycles. The molecule has 0 amide bonds. The summed E-state index contributed by atoms with van der Waals surface area (Å²) >= 11 is 3.64. The third kappa shape index (κ3) is 1.36. The quantitative estimate of drug-likeness (QED) is 0.667. The Morgan fingerprint density at radius 1 is 1.29 bits per heavy atom. The fourth-order valence-electron chi connectivity index (χ4n) is 3.47. The van der Waals surface area contributed by atoms with Crippen molar-refractivity contribution in [2.75, 3.05) is 0 Å². The molecule has 1 aliphatic heterocycles. The van der Waals surface area contributed by atoms with E-state index >= 15 is 0 Å². The molecule has 2 aliphatic rings. The van der Waals surface area contributed by atoms with Crippen LogP contribution in [-0.2, 0) is 0 Å².